The molecule has 0 fully saturated rings. The van der Waals surface area contributed by atoms with Crippen LogP contribution in [0.4, 0.5) is 0 Å². The van der Waals surface area contributed by atoms with Gasteiger partial charge in [-0.05, 0) is 53.5 Å². The topological polar surface area (TPSA) is 20.2 Å². The zero-order chi connectivity index (χ0) is 26.4. The van der Waals surface area contributed by atoms with E-state index < -0.39 is 21.9 Å². The predicted octanol–water partition coefficient (Wildman–Crippen LogP) is 6.48. The third kappa shape index (κ3) is 5.45. The minimum absolute atomic E-state index is 0.118. The molecule has 0 radical (unpaired) electrons. The van der Waals surface area contributed by atoms with Gasteiger partial charge in [-0.2, -0.15) is 0 Å². The van der Waals surface area contributed by atoms with Gasteiger partial charge in [0.05, 0.1) is 0 Å². The van der Waals surface area contributed by atoms with E-state index in [1.54, 1.807) is 0 Å². The van der Waals surface area contributed by atoms with E-state index in [-0.39, 0.29) is 5.66 Å². The first kappa shape index (κ1) is 25.7. The molecule has 3 heteroatoms. The number of aliphatic hydroxyl groups excluding tert-OH is 1. The van der Waals surface area contributed by atoms with Crippen molar-refractivity contribution in [2.75, 3.05) is 0 Å². The molecule has 2 atom stereocenters. The molecule has 190 valence electrons. The molecule has 1 aliphatic rings. The predicted molar refractivity (Wildman–Crippen MR) is 170 cm³/mol. The van der Waals surface area contributed by atoms with E-state index in [0.29, 0.717) is 0 Å². The fourth-order valence-corrected chi connectivity index (χ4v) is 10.5. The van der Waals surface area contributed by atoms with Crippen molar-refractivity contribution in [3.8, 4) is 0 Å². The van der Waals surface area contributed by atoms with Crippen molar-refractivity contribution in [2.24, 2.45) is 0 Å². The van der Waals surface area contributed by atoms with Gasteiger partial charge in [0.2, 0.25) is 0 Å². The summed E-state index contributed by atoms with van der Waals surface area (Å²) in [7, 11) is -1.57. The SMILES string of the molecule is OC(C1=CC=CC1P(c1ccccc1)c1ccccc1)c1ccccc1P(c1ccccc1)c1ccccc1. The van der Waals surface area contributed by atoms with Crippen LogP contribution in [0, 0.1) is 0 Å². The van der Waals surface area contributed by atoms with Crippen LogP contribution in [0.25, 0.3) is 0 Å². The molecule has 1 aliphatic carbocycles. The largest absolute Gasteiger partial charge is 0.384 e. The van der Waals surface area contributed by atoms with Gasteiger partial charge in [0, 0.05) is 5.66 Å². The van der Waals surface area contributed by atoms with Crippen molar-refractivity contribution in [1.29, 1.82) is 0 Å². The summed E-state index contributed by atoms with van der Waals surface area (Å²) >= 11 is 0. The molecular weight excluding hydrogens is 510 g/mol. The van der Waals surface area contributed by atoms with Gasteiger partial charge in [0.1, 0.15) is 6.10 Å². The quantitative estimate of drug-likeness (QED) is 0.224. The van der Waals surface area contributed by atoms with Crippen LogP contribution < -0.4 is 26.5 Å². The second kappa shape index (κ2) is 12.1. The molecule has 5 aromatic rings. The highest BCUT2D eigenvalue weighted by Crippen LogP contribution is 2.49. The Morgan fingerprint density at radius 1 is 0.513 bits per heavy atom. The summed E-state index contributed by atoms with van der Waals surface area (Å²) in [5, 5.41) is 18.6. The Bertz CT molecular complexity index is 1490. The van der Waals surface area contributed by atoms with Crippen molar-refractivity contribution in [3.63, 3.8) is 0 Å². The Kier molecular flexibility index (Phi) is 7.94. The van der Waals surface area contributed by atoms with Crippen molar-refractivity contribution < 1.29 is 5.11 Å². The molecule has 0 aromatic heterocycles. The molecule has 0 saturated carbocycles. The first-order chi connectivity index (χ1) is 19.3. The third-order valence-corrected chi connectivity index (χ3v) is 12.3. The van der Waals surface area contributed by atoms with Gasteiger partial charge in [-0.15, -0.1) is 0 Å². The van der Waals surface area contributed by atoms with Crippen molar-refractivity contribution in [3.05, 3.63) is 175 Å². The van der Waals surface area contributed by atoms with Gasteiger partial charge >= 0.3 is 0 Å². The van der Waals surface area contributed by atoms with Crippen LogP contribution in [0.3, 0.4) is 0 Å². The van der Waals surface area contributed by atoms with E-state index in [1.807, 2.05) is 0 Å². The molecule has 0 spiro atoms. The molecule has 2 unspecified atom stereocenters. The zero-order valence-electron chi connectivity index (χ0n) is 21.6. The molecular formula is C36H30OP2. The summed E-state index contributed by atoms with van der Waals surface area (Å²) in [4.78, 5) is 0. The number of aliphatic hydroxyl groups is 1. The zero-order valence-corrected chi connectivity index (χ0v) is 23.4. The Hall–Kier alpha value is -3.60. The summed E-state index contributed by atoms with van der Waals surface area (Å²) in [6.45, 7) is 0. The standard InChI is InChI=1S/C36H30OP2/c37-36(33-25-15-27-35(33)39(30-20-9-3-10-21-30)31-22-11-4-12-23-31)32-24-13-14-26-34(32)38(28-16-5-1-6-17-28)29-18-7-2-8-19-29/h1-27,35-37H. The molecule has 1 nitrogen and oxygen atoms in total. The van der Waals surface area contributed by atoms with E-state index >= 15 is 0 Å². The highest BCUT2D eigenvalue weighted by Gasteiger charge is 2.33. The van der Waals surface area contributed by atoms with E-state index in [4.69, 9.17) is 0 Å². The second-order valence-corrected chi connectivity index (χ2v) is 14.0. The first-order valence-corrected chi connectivity index (χ1v) is 16.0. The maximum atomic E-state index is 12.2. The van der Waals surface area contributed by atoms with E-state index in [0.717, 1.165) is 11.1 Å². The van der Waals surface area contributed by atoms with Crippen molar-refractivity contribution in [2.45, 2.75) is 11.8 Å². The Morgan fingerprint density at radius 3 is 1.46 bits per heavy atom. The lowest BCUT2D eigenvalue weighted by Gasteiger charge is -2.31. The molecule has 0 heterocycles. The Balaban J connectivity index is 1.43. The highest BCUT2D eigenvalue weighted by molar-refractivity contribution is 7.80. The van der Waals surface area contributed by atoms with Crippen LogP contribution in [0.2, 0.25) is 0 Å². The van der Waals surface area contributed by atoms with Gasteiger partial charge < -0.3 is 5.11 Å². The second-order valence-electron chi connectivity index (χ2n) is 9.51. The molecule has 6 rings (SSSR count). The molecule has 0 saturated heterocycles. The lowest BCUT2D eigenvalue weighted by Crippen LogP contribution is -2.27. The lowest BCUT2D eigenvalue weighted by molar-refractivity contribution is 0.215. The van der Waals surface area contributed by atoms with Crippen molar-refractivity contribution in [1.82, 2.24) is 0 Å². The average Bonchev–Trinajstić information content (AvgIpc) is 3.49. The first-order valence-electron chi connectivity index (χ1n) is 13.3. The summed E-state index contributed by atoms with van der Waals surface area (Å²) in [6.07, 6.45) is 5.85. The third-order valence-electron chi connectivity index (χ3n) is 7.09. The summed E-state index contributed by atoms with van der Waals surface area (Å²) in [6, 6.07) is 51.5. The molecule has 0 bridgehead atoms. The van der Waals surface area contributed by atoms with Crippen molar-refractivity contribution >= 4 is 42.4 Å². The lowest BCUT2D eigenvalue weighted by atomic mass is 10.0. The maximum absolute atomic E-state index is 12.2. The van der Waals surface area contributed by atoms with Gasteiger partial charge in [-0.1, -0.05) is 164 Å². The van der Waals surface area contributed by atoms with Gasteiger partial charge in [-0.25, -0.2) is 0 Å². The number of allylic oxidation sites excluding steroid dienone is 3. The van der Waals surface area contributed by atoms with Crippen LogP contribution in [0.5, 0.6) is 0 Å². The molecule has 0 amide bonds. The highest BCUT2D eigenvalue weighted by atomic mass is 31.1. The van der Waals surface area contributed by atoms with Crippen LogP contribution >= 0.6 is 15.8 Å². The fourth-order valence-electron chi connectivity index (χ4n) is 5.30. The smallest absolute Gasteiger partial charge is 0.102 e. The minimum Gasteiger partial charge on any atom is -0.384 e. The summed E-state index contributed by atoms with van der Waals surface area (Å²) < 4.78 is 0. The fraction of sp³-hybridized carbons (Fsp3) is 0.0556. The van der Waals surface area contributed by atoms with Crippen LogP contribution in [-0.2, 0) is 0 Å². The minimum atomic E-state index is -0.833. The summed E-state index contributed by atoms with van der Waals surface area (Å²) in [5.41, 5.74) is 2.18. The molecule has 0 aliphatic heterocycles. The van der Waals surface area contributed by atoms with Crippen LogP contribution in [0.1, 0.15) is 11.7 Å². The Labute approximate surface area is 233 Å². The van der Waals surface area contributed by atoms with E-state index in [9.17, 15) is 5.11 Å². The maximum Gasteiger partial charge on any atom is 0.102 e. The number of hydrogen-bond donors (Lipinski definition) is 1. The molecule has 5 aromatic carbocycles. The van der Waals surface area contributed by atoms with Gasteiger partial charge in [-0.3, -0.25) is 0 Å². The monoisotopic (exact) mass is 540 g/mol. The average molecular weight is 541 g/mol. The van der Waals surface area contributed by atoms with Crippen LogP contribution in [0.15, 0.2) is 169 Å². The normalized spacial score (nSPS) is 15.5. The summed E-state index contributed by atoms with van der Waals surface area (Å²) in [5.74, 6) is 0. The Morgan fingerprint density at radius 2 is 0.949 bits per heavy atom. The van der Waals surface area contributed by atoms with Crippen LogP contribution in [-0.4, -0.2) is 10.8 Å². The van der Waals surface area contributed by atoms with E-state index in [2.05, 4.69) is 164 Å². The number of rotatable bonds is 8. The van der Waals surface area contributed by atoms with E-state index in [1.165, 1.54) is 26.5 Å². The number of hydrogen-bond acceptors (Lipinski definition) is 1. The number of benzene rings is 5. The van der Waals surface area contributed by atoms with Gasteiger partial charge in [0.15, 0.2) is 0 Å². The molecule has 39 heavy (non-hydrogen) atoms. The van der Waals surface area contributed by atoms with Gasteiger partial charge in [0.25, 0.3) is 0 Å². The molecule has 1 N–H and O–H groups in total.